The Labute approximate surface area is 94.2 Å². The zero-order valence-electron chi connectivity index (χ0n) is 9.49. The van der Waals surface area contributed by atoms with E-state index in [-0.39, 0.29) is 0 Å². The highest BCUT2D eigenvalue weighted by Gasteiger charge is 2.04. The molecule has 0 unspecified atom stereocenters. The molecule has 2 heterocycles. The van der Waals surface area contributed by atoms with E-state index in [1.807, 2.05) is 26.1 Å². The van der Waals surface area contributed by atoms with Crippen LogP contribution in [0.5, 0.6) is 0 Å². The van der Waals surface area contributed by atoms with E-state index < -0.39 is 0 Å². The second-order valence-corrected chi connectivity index (χ2v) is 3.51. The third-order valence-electron chi connectivity index (χ3n) is 2.44. The Morgan fingerprint density at radius 2 is 2.38 bits per heavy atom. The molecular weight excluding hydrogens is 200 g/mol. The smallest absolute Gasteiger partial charge is 0.251 e. The molecule has 82 valence electrons. The van der Waals surface area contributed by atoms with E-state index in [4.69, 9.17) is 0 Å². The molecule has 0 spiro atoms. The minimum atomic E-state index is 0.490. The van der Waals surface area contributed by atoms with Crippen LogP contribution in [0.3, 0.4) is 0 Å². The summed E-state index contributed by atoms with van der Waals surface area (Å²) >= 11 is 0. The number of fused-ring (bicyclic) bond motifs is 1. The summed E-state index contributed by atoms with van der Waals surface area (Å²) in [7, 11) is 0. The van der Waals surface area contributed by atoms with Gasteiger partial charge in [-0.2, -0.15) is 4.98 Å². The predicted octanol–water partition coefficient (Wildman–Crippen LogP) is 2.93. The van der Waals surface area contributed by atoms with Gasteiger partial charge in [-0.25, -0.2) is 9.98 Å². The van der Waals surface area contributed by atoms with Crippen molar-refractivity contribution in [3.05, 3.63) is 30.6 Å². The minimum Gasteiger partial charge on any atom is -0.346 e. The molecule has 2 aromatic heterocycles. The predicted molar refractivity (Wildman–Crippen MR) is 66.2 cm³/mol. The van der Waals surface area contributed by atoms with Gasteiger partial charge in [0.15, 0.2) is 0 Å². The summed E-state index contributed by atoms with van der Waals surface area (Å²) in [5.74, 6) is 0.490. The van der Waals surface area contributed by atoms with Crippen molar-refractivity contribution in [2.45, 2.75) is 20.3 Å². The number of aliphatic imine (C=N–C) groups is 1. The first-order valence-corrected chi connectivity index (χ1v) is 5.26. The van der Waals surface area contributed by atoms with Gasteiger partial charge in [0.1, 0.15) is 5.65 Å². The van der Waals surface area contributed by atoms with Gasteiger partial charge in [-0.1, -0.05) is 13.5 Å². The summed E-state index contributed by atoms with van der Waals surface area (Å²) in [6.07, 6.45) is 4.42. The van der Waals surface area contributed by atoms with Gasteiger partial charge in [0.25, 0.3) is 5.95 Å². The van der Waals surface area contributed by atoms with Crippen LogP contribution in [0.4, 0.5) is 5.95 Å². The molecule has 0 aliphatic heterocycles. The summed E-state index contributed by atoms with van der Waals surface area (Å²) < 4.78 is 0. The summed E-state index contributed by atoms with van der Waals surface area (Å²) in [5.41, 5.74) is 2.65. The van der Waals surface area contributed by atoms with Gasteiger partial charge in [0.05, 0.1) is 5.69 Å². The van der Waals surface area contributed by atoms with Crippen molar-refractivity contribution in [1.82, 2.24) is 15.0 Å². The fourth-order valence-electron chi connectivity index (χ4n) is 1.53. The van der Waals surface area contributed by atoms with Crippen LogP contribution in [0.25, 0.3) is 11.0 Å². The number of rotatable bonds is 3. The number of H-pyrrole nitrogens is 1. The monoisotopic (exact) mass is 214 g/mol. The maximum atomic E-state index is 4.34. The van der Waals surface area contributed by atoms with Crippen LogP contribution in [0.15, 0.2) is 29.9 Å². The first kappa shape index (κ1) is 10.5. The largest absolute Gasteiger partial charge is 0.346 e. The highest BCUT2D eigenvalue weighted by atomic mass is 15.1. The van der Waals surface area contributed by atoms with Crippen molar-refractivity contribution in [3.63, 3.8) is 0 Å². The van der Waals surface area contributed by atoms with E-state index in [0.29, 0.717) is 5.95 Å². The number of allylic oxidation sites excluding steroid dienone is 1. The Hall–Kier alpha value is -1.97. The zero-order valence-corrected chi connectivity index (χ0v) is 9.49. The molecule has 0 bridgehead atoms. The van der Waals surface area contributed by atoms with E-state index >= 15 is 0 Å². The molecule has 0 radical (unpaired) electrons. The Morgan fingerprint density at radius 3 is 3.06 bits per heavy atom. The SMILES string of the molecule is C=CC(CC)=Nc1nc(C)c2cc[nH]c2n1. The lowest BCUT2D eigenvalue weighted by molar-refractivity contribution is 1.11. The molecule has 0 saturated carbocycles. The van der Waals surface area contributed by atoms with Crippen LogP contribution in [-0.2, 0) is 0 Å². The second-order valence-electron chi connectivity index (χ2n) is 3.51. The average Bonchev–Trinajstić information content (AvgIpc) is 2.74. The van der Waals surface area contributed by atoms with Crippen LogP contribution in [0, 0.1) is 6.92 Å². The molecule has 0 aliphatic carbocycles. The number of nitrogens with zero attached hydrogens (tertiary/aromatic N) is 3. The lowest BCUT2D eigenvalue weighted by Crippen LogP contribution is -1.93. The number of hydrogen-bond donors (Lipinski definition) is 1. The second kappa shape index (κ2) is 4.26. The summed E-state index contributed by atoms with van der Waals surface area (Å²) in [4.78, 5) is 16.1. The topological polar surface area (TPSA) is 53.9 Å². The molecule has 4 heteroatoms. The summed E-state index contributed by atoms with van der Waals surface area (Å²) in [6.45, 7) is 7.69. The van der Waals surface area contributed by atoms with Gasteiger partial charge in [-0.05, 0) is 25.5 Å². The molecule has 0 saturated heterocycles. The van der Waals surface area contributed by atoms with E-state index in [1.54, 1.807) is 6.08 Å². The quantitative estimate of drug-likeness (QED) is 0.798. The number of hydrogen-bond acceptors (Lipinski definition) is 3. The molecular formula is C12H14N4. The van der Waals surface area contributed by atoms with E-state index in [1.165, 1.54) is 0 Å². The molecule has 1 N–H and O–H groups in total. The Balaban J connectivity index is 2.53. The fraction of sp³-hybridized carbons (Fsp3) is 0.250. The highest BCUT2D eigenvalue weighted by Crippen LogP contribution is 2.17. The lowest BCUT2D eigenvalue weighted by Gasteiger charge is -1.99. The van der Waals surface area contributed by atoms with Crippen molar-refractivity contribution in [1.29, 1.82) is 0 Å². The zero-order chi connectivity index (χ0) is 11.5. The van der Waals surface area contributed by atoms with E-state index in [9.17, 15) is 0 Å². The van der Waals surface area contributed by atoms with Crippen LogP contribution < -0.4 is 0 Å². The third-order valence-corrected chi connectivity index (χ3v) is 2.44. The number of aromatic nitrogens is 3. The van der Waals surface area contributed by atoms with Crippen molar-refractivity contribution in [3.8, 4) is 0 Å². The van der Waals surface area contributed by atoms with Crippen LogP contribution >= 0.6 is 0 Å². The van der Waals surface area contributed by atoms with Crippen molar-refractivity contribution < 1.29 is 0 Å². The van der Waals surface area contributed by atoms with Crippen molar-refractivity contribution in [2.24, 2.45) is 4.99 Å². The third kappa shape index (κ3) is 1.86. The Morgan fingerprint density at radius 1 is 1.56 bits per heavy atom. The molecule has 0 fully saturated rings. The van der Waals surface area contributed by atoms with Crippen LogP contribution in [0.2, 0.25) is 0 Å². The van der Waals surface area contributed by atoms with Gasteiger partial charge in [0.2, 0.25) is 0 Å². The normalized spacial score (nSPS) is 12.0. The fourth-order valence-corrected chi connectivity index (χ4v) is 1.53. The summed E-state index contributed by atoms with van der Waals surface area (Å²) in [5, 5.41) is 1.04. The molecule has 0 amide bonds. The maximum Gasteiger partial charge on any atom is 0.251 e. The first-order chi connectivity index (χ1) is 7.74. The van der Waals surface area contributed by atoms with Gasteiger partial charge in [0, 0.05) is 17.3 Å². The van der Waals surface area contributed by atoms with E-state index in [0.717, 1.165) is 28.9 Å². The molecule has 0 aromatic carbocycles. The number of aryl methyl sites for hydroxylation is 1. The van der Waals surface area contributed by atoms with Gasteiger partial charge < -0.3 is 4.98 Å². The molecule has 0 atom stereocenters. The van der Waals surface area contributed by atoms with Crippen LogP contribution in [0.1, 0.15) is 19.0 Å². The highest BCUT2D eigenvalue weighted by molar-refractivity contribution is 5.95. The standard InChI is InChI=1S/C12H14N4/c1-4-9(5-2)15-12-14-8(3)10-6-7-13-11(10)16-12/h4,6-7H,1,5H2,2-3H3,(H,13,14,16). The lowest BCUT2D eigenvalue weighted by atomic mass is 10.3. The van der Waals surface area contributed by atoms with Crippen molar-refractivity contribution in [2.75, 3.05) is 0 Å². The summed E-state index contributed by atoms with van der Waals surface area (Å²) in [6, 6.07) is 1.96. The Bertz CT molecular complexity index is 551. The molecule has 2 rings (SSSR count). The van der Waals surface area contributed by atoms with Gasteiger partial charge >= 0.3 is 0 Å². The maximum absolute atomic E-state index is 4.34. The molecule has 0 aliphatic rings. The van der Waals surface area contributed by atoms with Crippen LogP contribution in [-0.4, -0.2) is 20.7 Å². The van der Waals surface area contributed by atoms with Gasteiger partial charge in [-0.15, -0.1) is 0 Å². The molecule has 4 nitrogen and oxygen atoms in total. The Kier molecular flexibility index (Phi) is 2.81. The molecule has 16 heavy (non-hydrogen) atoms. The van der Waals surface area contributed by atoms with E-state index in [2.05, 4.69) is 26.5 Å². The first-order valence-electron chi connectivity index (χ1n) is 5.26. The average molecular weight is 214 g/mol. The minimum absolute atomic E-state index is 0.490. The number of nitrogens with one attached hydrogen (secondary N) is 1. The molecule has 2 aromatic rings. The van der Waals surface area contributed by atoms with Crippen molar-refractivity contribution >= 4 is 22.7 Å². The van der Waals surface area contributed by atoms with Gasteiger partial charge in [-0.3, -0.25) is 0 Å². The number of aromatic amines is 1.